The molecule has 0 atom stereocenters. The van der Waals surface area contributed by atoms with E-state index in [0.29, 0.717) is 45.1 Å². The molecule has 0 aliphatic carbocycles. The number of rotatable bonds is 30. The molecule has 262 valence electrons. The molecule has 0 heterocycles. The number of carbonyl (C=O) groups is 1. The van der Waals surface area contributed by atoms with Gasteiger partial charge in [0.15, 0.2) is 11.5 Å². The summed E-state index contributed by atoms with van der Waals surface area (Å²) >= 11 is 0. The Morgan fingerprint density at radius 1 is 0.600 bits per heavy atom. The summed E-state index contributed by atoms with van der Waals surface area (Å²) in [6, 6.07) is 5.02. The van der Waals surface area contributed by atoms with Crippen LogP contribution in [0.3, 0.4) is 0 Å². The summed E-state index contributed by atoms with van der Waals surface area (Å²) in [6.07, 6.45) is 13.9. The van der Waals surface area contributed by atoms with Gasteiger partial charge >= 0.3 is 15.6 Å². The van der Waals surface area contributed by atoms with Gasteiger partial charge in [-0.3, -0.25) is 22.9 Å². The second-order valence-electron chi connectivity index (χ2n) is 11.2. The molecule has 0 saturated carbocycles. The predicted octanol–water partition coefficient (Wildman–Crippen LogP) is 10.3. The van der Waals surface area contributed by atoms with Crippen molar-refractivity contribution in [3.8, 4) is 11.5 Å². The summed E-state index contributed by atoms with van der Waals surface area (Å²) in [4.78, 5) is 12.4. The Morgan fingerprint density at radius 2 is 1.04 bits per heavy atom. The number of phosphoric acid groups is 2. The van der Waals surface area contributed by atoms with E-state index in [1.807, 2.05) is 27.7 Å². The molecule has 0 radical (unpaired) electrons. The van der Waals surface area contributed by atoms with Crippen molar-refractivity contribution in [2.75, 3.05) is 33.0 Å². The van der Waals surface area contributed by atoms with Crippen LogP contribution in [-0.2, 0) is 38.4 Å². The topological polar surface area (TPSA) is 119 Å². The maximum absolute atomic E-state index is 13.8. The van der Waals surface area contributed by atoms with Gasteiger partial charge in [0.1, 0.15) is 0 Å². The average molecular weight is 678 g/mol. The Kier molecular flexibility index (Phi) is 23.7. The lowest BCUT2D eigenvalue weighted by molar-refractivity contribution is -0.121. The Bertz CT molecular complexity index is 980. The van der Waals surface area contributed by atoms with Crippen molar-refractivity contribution in [3.05, 3.63) is 23.8 Å². The molecule has 45 heavy (non-hydrogen) atoms. The lowest BCUT2D eigenvalue weighted by Gasteiger charge is -2.23. The van der Waals surface area contributed by atoms with Crippen LogP contribution in [0.4, 0.5) is 0 Å². The minimum Gasteiger partial charge on any atom is -0.400 e. The minimum absolute atomic E-state index is 0.0227. The summed E-state index contributed by atoms with van der Waals surface area (Å²) in [5.74, 6) is 0.107. The van der Waals surface area contributed by atoms with Crippen LogP contribution in [0, 0.1) is 0 Å². The zero-order valence-corrected chi connectivity index (χ0v) is 30.4. The molecule has 0 spiro atoms. The molecule has 0 aliphatic heterocycles. The molecule has 12 heteroatoms. The van der Waals surface area contributed by atoms with Crippen LogP contribution in [0.1, 0.15) is 136 Å². The second kappa shape index (κ2) is 25.7. The summed E-state index contributed by atoms with van der Waals surface area (Å²) in [6.45, 7) is 11.4. The molecule has 1 aromatic carbocycles. The number of unbranched alkanes of at least 4 members (excludes halogenated alkanes) is 9. The Hall–Kier alpha value is -1.41. The minimum atomic E-state index is -4.05. The molecule has 0 bridgehead atoms. The van der Waals surface area contributed by atoms with Crippen molar-refractivity contribution < 1.29 is 41.1 Å². The van der Waals surface area contributed by atoms with Crippen LogP contribution in [0.5, 0.6) is 11.5 Å². The summed E-state index contributed by atoms with van der Waals surface area (Å²) in [7, 11) is -8.07. The van der Waals surface area contributed by atoms with Crippen LogP contribution in [0.15, 0.2) is 18.2 Å². The Balaban J connectivity index is 3.14. The van der Waals surface area contributed by atoms with Gasteiger partial charge in [0, 0.05) is 13.0 Å². The number of hydrogen-bond acceptors (Lipinski definition) is 9. The fourth-order valence-electron chi connectivity index (χ4n) is 4.06. The van der Waals surface area contributed by atoms with E-state index < -0.39 is 15.6 Å². The molecular formula is C33H61NO9P2. The summed E-state index contributed by atoms with van der Waals surface area (Å²) in [5.41, 5.74) is 0.791. The fourth-order valence-corrected chi connectivity index (χ4v) is 6.60. The van der Waals surface area contributed by atoms with Crippen molar-refractivity contribution in [2.24, 2.45) is 0 Å². The number of benzene rings is 1. The first-order valence-corrected chi connectivity index (χ1v) is 20.2. The smallest absolute Gasteiger partial charge is 0.400 e. The zero-order chi connectivity index (χ0) is 33.2. The largest absolute Gasteiger partial charge is 0.530 e. The van der Waals surface area contributed by atoms with E-state index in [9.17, 15) is 13.9 Å². The number of hydrogen-bond donors (Lipinski definition) is 1. The first-order valence-electron chi connectivity index (χ1n) is 17.3. The van der Waals surface area contributed by atoms with Crippen LogP contribution in [0.2, 0.25) is 0 Å². The van der Waals surface area contributed by atoms with Gasteiger partial charge in [-0.25, -0.2) is 9.13 Å². The molecule has 0 fully saturated rings. The molecule has 1 rings (SSSR count). The van der Waals surface area contributed by atoms with E-state index in [2.05, 4.69) is 12.2 Å². The van der Waals surface area contributed by atoms with Gasteiger partial charge < -0.3 is 14.4 Å². The monoisotopic (exact) mass is 677 g/mol. The van der Waals surface area contributed by atoms with Gasteiger partial charge in [0.2, 0.25) is 5.91 Å². The molecule has 0 saturated heterocycles. The van der Waals surface area contributed by atoms with Crippen LogP contribution < -0.4 is 14.4 Å². The quantitative estimate of drug-likeness (QED) is 0.0626. The average Bonchev–Trinajstić information content (AvgIpc) is 3.01. The third-order valence-corrected chi connectivity index (χ3v) is 9.75. The fraction of sp³-hybridized carbons (Fsp3) is 0.788. The molecule has 0 aromatic heterocycles. The molecule has 1 amide bonds. The van der Waals surface area contributed by atoms with Crippen molar-refractivity contribution in [3.63, 3.8) is 0 Å². The van der Waals surface area contributed by atoms with E-state index in [1.165, 1.54) is 19.3 Å². The number of carbonyl (C=O) groups excluding carboxylic acids is 1. The Morgan fingerprint density at radius 3 is 1.53 bits per heavy atom. The lowest BCUT2D eigenvalue weighted by Crippen LogP contribution is -2.25. The number of nitrogens with one attached hydrogen (secondary N) is 1. The Labute approximate surface area is 273 Å². The van der Waals surface area contributed by atoms with Gasteiger partial charge in [-0.2, -0.15) is 0 Å². The molecule has 0 unspecified atom stereocenters. The lowest BCUT2D eigenvalue weighted by atomic mass is 10.1. The predicted molar refractivity (Wildman–Crippen MR) is 181 cm³/mol. The maximum atomic E-state index is 13.8. The maximum Gasteiger partial charge on any atom is 0.530 e. The van der Waals surface area contributed by atoms with Crippen molar-refractivity contribution >= 4 is 21.6 Å². The highest BCUT2D eigenvalue weighted by Gasteiger charge is 2.34. The van der Waals surface area contributed by atoms with Gasteiger partial charge in [-0.15, -0.1) is 0 Å². The van der Waals surface area contributed by atoms with Crippen molar-refractivity contribution in [2.45, 2.75) is 137 Å². The molecular weight excluding hydrogens is 616 g/mol. The van der Waals surface area contributed by atoms with Crippen LogP contribution in [0.25, 0.3) is 0 Å². The van der Waals surface area contributed by atoms with Crippen molar-refractivity contribution in [1.29, 1.82) is 0 Å². The normalized spacial score (nSPS) is 11.9. The standard InChI is InChI=1S/C33H61NO9P2/c1-6-11-16-17-18-19-20-33(35)34-24-23-30-21-22-31(42-44(36,38-25-12-7-2)39-26-13-8-3)32(29-30)43-45(37,40-27-14-9-4)41-28-15-10-5/h21-22,29H,6-20,23-28H2,1-5H3,(H,34,35). The second-order valence-corrected chi connectivity index (χ2v) is 14.4. The van der Waals surface area contributed by atoms with E-state index in [4.69, 9.17) is 27.1 Å². The highest BCUT2D eigenvalue weighted by molar-refractivity contribution is 7.49. The van der Waals surface area contributed by atoms with Crippen LogP contribution in [-0.4, -0.2) is 38.9 Å². The van der Waals surface area contributed by atoms with Crippen LogP contribution >= 0.6 is 15.6 Å². The molecule has 1 N–H and O–H groups in total. The molecule has 10 nitrogen and oxygen atoms in total. The summed E-state index contributed by atoms with van der Waals surface area (Å²) < 4.78 is 61.8. The molecule has 0 aliphatic rings. The zero-order valence-electron chi connectivity index (χ0n) is 28.6. The van der Waals surface area contributed by atoms with E-state index in [-0.39, 0.29) is 43.8 Å². The van der Waals surface area contributed by atoms with Gasteiger partial charge in [-0.1, -0.05) is 98.5 Å². The summed E-state index contributed by atoms with van der Waals surface area (Å²) in [5, 5.41) is 2.98. The number of phosphoric ester groups is 2. The van der Waals surface area contributed by atoms with Gasteiger partial charge in [0.25, 0.3) is 0 Å². The first-order chi connectivity index (χ1) is 21.7. The SMILES string of the molecule is CCCCCCCCC(=O)NCCc1ccc(OP(=O)(OCCCC)OCCCC)c(OP(=O)(OCCCC)OCCCC)c1. The third-order valence-electron chi connectivity index (χ3n) is 6.91. The van der Waals surface area contributed by atoms with Gasteiger partial charge in [0.05, 0.1) is 26.4 Å². The highest BCUT2D eigenvalue weighted by Crippen LogP contribution is 2.56. The highest BCUT2D eigenvalue weighted by atomic mass is 31.2. The van der Waals surface area contributed by atoms with Crippen molar-refractivity contribution in [1.82, 2.24) is 5.32 Å². The van der Waals surface area contributed by atoms with E-state index in [0.717, 1.165) is 50.5 Å². The third kappa shape index (κ3) is 19.8. The number of amides is 1. The van der Waals surface area contributed by atoms with E-state index in [1.54, 1.807) is 18.2 Å². The molecule has 1 aromatic rings. The first kappa shape index (κ1) is 41.6. The van der Waals surface area contributed by atoms with E-state index >= 15 is 0 Å². The van der Waals surface area contributed by atoms with Gasteiger partial charge in [-0.05, 0) is 56.2 Å².